The van der Waals surface area contributed by atoms with Crippen LogP contribution >= 0.6 is 0 Å². The van der Waals surface area contributed by atoms with Gasteiger partial charge in [-0.25, -0.2) is 0 Å². The number of hydrogen-bond acceptors (Lipinski definition) is 4. The van der Waals surface area contributed by atoms with Crippen molar-refractivity contribution in [2.45, 2.75) is 12.5 Å². The highest BCUT2D eigenvalue weighted by Gasteiger charge is 2.24. The van der Waals surface area contributed by atoms with E-state index in [1.807, 2.05) is 0 Å². The molecule has 12 heavy (non-hydrogen) atoms. The van der Waals surface area contributed by atoms with Gasteiger partial charge in [-0.2, -0.15) is 0 Å². The molecule has 1 unspecified atom stereocenters. The second kappa shape index (κ2) is 2.80. The number of nitrogens with zero attached hydrogens (tertiary/aromatic N) is 1. The van der Waals surface area contributed by atoms with Gasteiger partial charge in [0.1, 0.15) is 5.69 Å². The lowest BCUT2D eigenvalue weighted by molar-refractivity contribution is 0.107. The van der Waals surface area contributed by atoms with E-state index in [4.69, 9.17) is 6.42 Å². The molecular formula is C8H7NO3. The predicted octanol–water partition coefficient (Wildman–Crippen LogP) is 0.328. The van der Waals surface area contributed by atoms with Crippen molar-refractivity contribution in [2.75, 3.05) is 0 Å². The Kier molecular flexibility index (Phi) is 1.98. The van der Waals surface area contributed by atoms with Gasteiger partial charge in [0.2, 0.25) is 0 Å². The topological polar surface area (TPSA) is 63.3 Å². The molecule has 0 aliphatic rings. The molecule has 62 valence electrons. The van der Waals surface area contributed by atoms with Crippen molar-refractivity contribution in [1.29, 1.82) is 0 Å². The van der Waals surface area contributed by atoms with Crippen molar-refractivity contribution >= 4 is 6.29 Å². The maximum absolute atomic E-state index is 10.2. The van der Waals surface area contributed by atoms with Crippen LogP contribution in [0.15, 0.2) is 10.6 Å². The highest BCUT2D eigenvalue weighted by Crippen LogP contribution is 2.17. The molecule has 0 aliphatic carbocycles. The highest BCUT2D eigenvalue weighted by atomic mass is 16.5. The molecule has 0 bridgehead atoms. The van der Waals surface area contributed by atoms with Gasteiger partial charge in [-0.3, -0.25) is 4.79 Å². The second-order valence-corrected chi connectivity index (χ2v) is 2.45. The Balaban J connectivity index is 3.05. The average Bonchev–Trinajstić information content (AvgIpc) is 2.52. The number of aromatic nitrogens is 1. The molecule has 0 fully saturated rings. The van der Waals surface area contributed by atoms with E-state index in [0.29, 0.717) is 6.29 Å². The maximum Gasteiger partial charge on any atom is 0.199 e. The lowest BCUT2D eigenvalue weighted by atomic mass is 10.0. The molecule has 0 saturated carbocycles. The van der Waals surface area contributed by atoms with E-state index in [0.717, 1.165) is 0 Å². The van der Waals surface area contributed by atoms with Crippen LogP contribution in [-0.2, 0) is 5.60 Å². The maximum atomic E-state index is 10.2. The smallest absolute Gasteiger partial charge is 0.199 e. The van der Waals surface area contributed by atoms with Crippen LogP contribution in [0.2, 0.25) is 0 Å². The zero-order valence-corrected chi connectivity index (χ0v) is 6.44. The largest absolute Gasteiger partial charge is 0.372 e. The summed E-state index contributed by atoms with van der Waals surface area (Å²) in [6.07, 6.45) is 5.51. The standard InChI is InChI=1S/C8H7NO3/c1-3-8(2,11)7-4-6(5-10)12-9-7/h1,4-5,11H,2H3. The summed E-state index contributed by atoms with van der Waals surface area (Å²) < 4.78 is 4.53. The Labute approximate surface area is 69.2 Å². The Hall–Kier alpha value is -1.60. The number of carbonyl (C=O) groups is 1. The minimum absolute atomic E-state index is 0.0422. The molecule has 0 amide bonds. The minimum Gasteiger partial charge on any atom is -0.372 e. The molecule has 1 heterocycles. The molecule has 0 spiro atoms. The zero-order chi connectivity index (χ0) is 9.19. The normalized spacial score (nSPS) is 14.8. The number of terminal acetylenes is 1. The monoisotopic (exact) mass is 165 g/mol. The minimum atomic E-state index is -1.48. The number of hydrogen-bond donors (Lipinski definition) is 1. The summed E-state index contributed by atoms with van der Waals surface area (Å²) in [4.78, 5) is 10.2. The fourth-order valence-corrected chi connectivity index (χ4v) is 0.648. The van der Waals surface area contributed by atoms with Crippen molar-refractivity contribution in [3.63, 3.8) is 0 Å². The number of carbonyl (C=O) groups excluding carboxylic acids is 1. The van der Waals surface area contributed by atoms with Crippen LogP contribution in [0.5, 0.6) is 0 Å². The molecule has 0 aliphatic heterocycles. The van der Waals surface area contributed by atoms with Crippen molar-refractivity contribution in [2.24, 2.45) is 0 Å². The Morgan fingerprint density at radius 3 is 3.00 bits per heavy atom. The quantitative estimate of drug-likeness (QED) is 0.506. The number of aldehydes is 1. The van der Waals surface area contributed by atoms with Crippen molar-refractivity contribution in [3.8, 4) is 12.3 Å². The zero-order valence-electron chi connectivity index (χ0n) is 6.44. The Morgan fingerprint density at radius 1 is 1.92 bits per heavy atom. The van der Waals surface area contributed by atoms with Gasteiger partial charge in [0, 0.05) is 6.07 Å². The van der Waals surface area contributed by atoms with E-state index in [1.165, 1.54) is 13.0 Å². The summed E-state index contributed by atoms with van der Waals surface area (Å²) in [7, 11) is 0. The third-order valence-electron chi connectivity index (χ3n) is 1.42. The summed E-state index contributed by atoms with van der Waals surface area (Å²) in [5.41, 5.74) is -1.32. The fraction of sp³-hybridized carbons (Fsp3) is 0.250. The molecule has 1 aromatic heterocycles. The van der Waals surface area contributed by atoms with E-state index in [2.05, 4.69) is 15.6 Å². The highest BCUT2D eigenvalue weighted by molar-refractivity contribution is 5.70. The van der Waals surface area contributed by atoms with Crippen LogP contribution in [0.1, 0.15) is 23.2 Å². The summed E-state index contributed by atoms with van der Waals surface area (Å²) in [5, 5.41) is 12.9. The number of aliphatic hydroxyl groups is 1. The van der Waals surface area contributed by atoms with E-state index in [9.17, 15) is 9.90 Å². The average molecular weight is 165 g/mol. The first-order valence-electron chi connectivity index (χ1n) is 3.22. The van der Waals surface area contributed by atoms with Gasteiger partial charge in [0.25, 0.3) is 0 Å². The van der Waals surface area contributed by atoms with Crippen LogP contribution in [0.4, 0.5) is 0 Å². The first-order chi connectivity index (χ1) is 5.60. The first-order valence-corrected chi connectivity index (χ1v) is 3.22. The van der Waals surface area contributed by atoms with Gasteiger partial charge >= 0.3 is 0 Å². The molecule has 1 atom stereocenters. The molecule has 1 aromatic rings. The summed E-state index contributed by atoms with van der Waals surface area (Å²) in [5.74, 6) is 2.15. The molecule has 0 saturated heterocycles. The third-order valence-corrected chi connectivity index (χ3v) is 1.42. The van der Waals surface area contributed by atoms with Crippen molar-refractivity contribution in [3.05, 3.63) is 17.5 Å². The first kappa shape index (κ1) is 8.50. The molecule has 1 rings (SSSR count). The Bertz CT molecular complexity index is 332. The summed E-state index contributed by atoms with van der Waals surface area (Å²) in [6.45, 7) is 1.39. The van der Waals surface area contributed by atoms with Crippen LogP contribution in [-0.4, -0.2) is 16.5 Å². The van der Waals surface area contributed by atoms with Crippen molar-refractivity contribution in [1.82, 2.24) is 5.16 Å². The van der Waals surface area contributed by atoms with E-state index >= 15 is 0 Å². The van der Waals surface area contributed by atoms with Crippen molar-refractivity contribution < 1.29 is 14.4 Å². The molecule has 4 heteroatoms. The van der Waals surface area contributed by atoms with E-state index < -0.39 is 5.60 Å². The van der Waals surface area contributed by atoms with E-state index in [1.54, 1.807) is 0 Å². The lowest BCUT2D eigenvalue weighted by Gasteiger charge is -2.10. The van der Waals surface area contributed by atoms with Gasteiger partial charge in [0.15, 0.2) is 17.6 Å². The predicted molar refractivity (Wildman–Crippen MR) is 40.3 cm³/mol. The second-order valence-electron chi connectivity index (χ2n) is 2.45. The van der Waals surface area contributed by atoms with E-state index in [-0.39, 0.29) is 11.5 Å². The third kappa shape index (κ3) is 1.36. The molecular weight excluding hydrogens is 158 g/mol. The van der Waals surface area contributed by atoms with Gasteiger partial charge in [-0.15, -0.1) is 6.42 Å². The molecule has 0 aromatic carbocycles. The fourth-order valence-electron chi connectivity index (χ4n) is 0.648. The summed E-state index contributed by atoms with van der Waals surface area (Å²) >= 11 is 0. The molecule has 1 N–H and O–H groups in total. The Morgan fingerprint density at radius 2 is 2.58 bits per heavy atom. The van der Waals surface area contributed by atoms with Crippen LogP contribution in [0.25, 0.3) is 0 Å². The van der Waals surface area contributed by atoms with Gasteiger partial charge in [0.05, 0.1) is 0 Å². The van der Waals surface area contributed by atoms with Crippen LogP contribution < -0.4 is 0 Å². The van der Waals surface area contributed by atoms with Crippen LogP contribution in [0.3, 0.4) is 0 Å². The lowest BCUT2D eigenvalue weighted by Crippen LogP contribution is -2.18. The molecule has 0 radical (unpaired) electrons. The van der Waals surface area contributed by atoms with Gasteiger partial charge < -0.3 is 9.63 Å². The van der Waals surface area contributed by atoms with Crippen LogP contribution in [0, 0.1) is 12.3 Å². The SMILES string of the molecule is C#CC(C)(O)c1cc(C=O)on1. The summed E-state index contributed by atoms with van der Waals surface area (Å²) in [6, 6.07) is 1.30. The number of rotatable bonds is 2. The van der Waals surface area contributed by atoms with Gasteiger partial charge in [-0.05, 0) is 6.92 Å². The van der Waals surface area contributed by atoms with Gasteiger partial charge in [-0.1, -0.05) is 11.1 Å². The molecule has 4 nitrogen and oxygen atoms in total.